The first-order valence-corrected chi connectivity index (χ1v) is 8.10. The van der Waals surface area contributed by atoms with Crippen LogP contribution in [0.5, 0.6) is 0 Å². The Bertz CT molecular complexity index is 626. The Kier molecular flexibility index (Phi) is 4.41. The van der Waals surface area contributed by atoms with Crippen LogP contribution in [0.4, 0.5) is 11.4 Å². The predicted octanol–water partition coefficient (Wildman–Crippen LogP) is 0.772. The van der Waals surface area contributed by atoms with E-state index in [9.17, 15) is 13.2 Å². The summed E-state index contributed by atoms with van der Waals surface area (Å²) in [5.41, 5.74) is 0.804. The molecule has 1 aliphatic heterocycles. The molecule has 20 heavy (non-hydrogen) atoms. The molecule has 6 nitrogen and oxygen atoms in total. The summed E-state index contributed by atoms with van der Waals surface area (Å²) in [7, 11) is -3.39. The third-order valence-electron chi connectivity index (χ3n) is 2.81. The number of hydrogen-bond donors (Lipinski definition) is 3. The summed E-state index contributed by atoms with van der Waals surface area (Å²) in [6.07, 6.45) is 4.81. The van der Waals surface area contributed by atoms with Crippen molar-refractivity contribution in [3.63, 3.8) is 0 Å². The van der Waals surface area contributed by atoms with E-state index < -0.39 is 10.0 Å². The molecule has 1 atom stereocenters. The standard InChI is InChI=1S/C13H17N3O3S/c1-20(18,19)16-12-7-3-2-6-11(12)15-13(17)10-5-4-8-14-9-10/h2-7,10,14,16H,8-9H2,1H3,(H,15,17). The Morgan fingerprint density at radius 2 is 2.00 bits per heavy atom. The van der Waals surface area contributed by atoms with Gasteiger partial charge in [0.05, 0.1) is 23.5 Å². The van der Waals surface area contributed by atoms with Crippen molar-refractivity contribution in [2.75, 3.05) is 29.4 Å². The van der Waals surface area contributed by atoms with Crippen LogP contribution < -0.4 is 15.4 Å². The van der Waals surface area contributed by atoms with Gasteiger partial charge in [0, 0.05) is 13.1 Å². The molecule has 0 aromatic heterocycles. The van der Waals surface area contributed by atoms with Gasteiger partial charge in [-0.1, -0.05) is 24.3 Å². The number of benzene rings is 1. The van der Waals surface area contributed by atoms with Crippen LogP contribution in [0.2, 0.25) is 0 Å². The predicted molar refractivity (Wildman–Crippen MR) is 79.0 cm³/mol. The molecule has 1 heterocycles. The van der Waals surface area contributed by atoms with Gasteiger partial charge < -0.3 is 10.6 Å². The van der Waals surface area contributed by atoms with Crippen LogP contribution in [0, 0.1) is 5.92 Å². The van der Waals surface area contributed by atoms with Gasteiger partial charge in [0.2, 0.25) is 15.9 Å². The SMILES string of the molecule is CS(=O)(=O)Nc1ccccc1NC(=O)C1C=CCNC1. The monoisotopic (exact) mass is 295 g/mol. The summed E-state index contributed by atoms with van der Waals surface area (Å²) >= 11 is 0. The number of nitrogens with one attached hydrogen (secondary N) is 3. The lowest BCUT2D eigenvalue weighted by molar-refractivity contribution is -0.118. The molecule has 0 saturated heterocycles. The van der Waals surface area contributed by atoms with Crippen LogP contribution >= 0.6 is 0 Å². The van der Waals surface area contributed by atoms with Crippen LogP contribution in [0.25, 0.3) is 0 Å². The van der Waals surface area contributed by atoms with Crippen LogP contribution in [0.1, 0.15) is 0 Å². The van der Waals surface area contributed by atoms with Crippen LogP contribution in [0.3, 0.4) is 0 Å². The van der Waals surface area contributed by atoms with E-state index in [1.165, 1.54) is 0 Å². The second-order valence-electron chi connectivity index (χ2n) is 4.60. The Hall–Kier alpha value is -1.86. The molecule has 0 saturated carbocycles. The van der Waals surface area contributed by atoms with Gasteiger partial charge in [-0.05, 0) is 12.1 Å². The number of rotatable bonds is 4. The molecule has 7 heteroatoms. The van der Waals surface area contributed by atoms with Crippen LogP contribution in [-0.2, 0) is 14.8 Å². The van der Waals surface area contributed by atoms with E-state index in [0.29, 0.717) is 17.9 Å². The molecule has 1 aliphatic rings. The van der Waals surface area contributed by atoms with Crippen molar-refractivity contribution in [3.05, 3.63) is 36.4 Å². The average Bonchev–Trinajstić information content (AvgIpc) is 2.40. The summed E-state index contributed by atoms with van der Waals surface area (Å²) in [5.74, 6) is -0.425. The maximum absolute atomic E-state index is 12.1. The van der Waals surface area contributed by atoms with Gasteiger partial charge in [-0.25, -0.2) is 8.42 Å². The lowest BCUT2D eigenvalue weighted by Crippen LogP contribution is -2.34. The smallest absolute Gasteiger partial charge is 0.232 e. The molecule has 0 fully saturated rings. The summed E-state index contributed by atoms with van der Waals surface area (Å²) < 4.78 is 25.0. The minimum absolute atomic E-state index is 0.170. The van der Waals surface area contributed by atoms with Crippen molar-refractivity contribution < 1.29 is 13.2 Å². The van der Waals surface area contributed by atoms with Gasteiger partial charge >= 0.3 is 0 Å². The van der Waals surface area contributed by atoms with Gasteiger partial charge in [0.1, 0.15) is 0 Å². The molecular formula is C13H17N3O3S. The van der Waals surface area contributed by atoms with Crippen molar-refractivity contribution in [1.29, 1.82) is 0 Å². The number of carbonyl (C=O) groups is 1. The first-order valence-electron chi connectivity index (χ1n) is 6.21. The zero-order chi connectivity index (χ0) is 14.6. The number of amides is 1. The highest BCUT2D eigenvalue weighted by Crippen LogP contribution is 2.22. The van der Waals surface area contributed by atoms with E-state index in [1.807, 2.05) is 12.2 Å². The molecule has 0 bridgehead atoms. The zero-order valence-electron chi connectivity index (χ0n) is 11.1. The molecule has 1 amide bonds. The van der Waals surface area contributed by atoms with E-state index in [4.69, 9.17) is 0 Å². The topological polar surface area (TPSA) is 87.3 Å². The molecule has 0 spiro atoms. The minimum Gasteiger partial charge on any atom is -0.324 e. The molecule has 3 N–H and O–H groups in total. The van der Waals surface area contributed by atoms with Crippen molar-refractivity contribution in [2.24, 2.45) is 5.92 Å². The molecule has 2 rings (SSSR count). The molecule has 1 unspecified atom stereocenters. The Morgan fingerprint density at radius 1 is 1.30 bits per heavy atom. The molecule has 0 aliphatic carbocycles. The van der Waals surface area contributed by atoms with Crippen LogP contribution in [-0.4, -0.2) is 33.7 Å². The Morgan fingerprint density at radius 3 is 2.60 bits per heavy atom. The zero-order valence-corrected chi connectivity index (χ0v) is 11.9. The van der Waals surface area contributed by atoms with Crippen molar-refractivity contribution in [3.8, 4) is 0 Å². The third-order valence-corrected chi connectivity index (χ3v) is 3.40. The number of sulfonamides is 1. The fourth-order valence-electron chi connectivity index (χ4n) is 1.91. The van der Waals surface area contributed by atoms with E-state index in [1.54, 1.807) is 24.3 Å². The fourth-order valence-corrected chi connectivity index (χ4v) is 2.49. The second-order valence-corrected chi connectivity index (χ2v) is 6.35. The number of carbonyl (C=O) groups excluding carboxylic acids is 1. The normalized spacial score (nSPS) is 18.6. The highest BCUT2D eigenvalue weighted by Gasteiger charge is 2.18. The lowest BCUT2D eigenvalue weighted by atomic mass is 10.1. The van der Waals surface area contributed by atoms with E-state index in [-0.39, 0.29) is 11.8 Å². The van der Waals surface area contributed by atoms with Gasteiger partial charge in [0.25, 0.3) is 0 Å². The molecule has 1 aromatic carbocycles. The van der Waals surface area contributed by atoms with E-state index in [0.717, 1.165) is 12.8 Å². The Labute approximate surface area is 118 Å². The third kappa shape index (κ3) is 4.07. The fraction of sp³-hybridized carbons (Fsp3) is 0.308. The summed E-state index contributed by atoms with van der Waals surface area (Å²) in [5, 5.41) is 5.84. The van der Waals surface area contributed by atoms with E-state index >= 15 is 0 Å². The second kappa shape index (κ2) is 6.06. The highest BCUT2D eigenvalue weighted by molar-refractivity contribution is 7.92. The van der Waals surface area contributed by atoms with Crippen molar-refractivity contribution in [1.82, 2.24) is 5.32 Å². The molecule has 1 aromatic rings. The first-order chi connectivity index (χ1) is 9.46. The van der Waals surface area contributed by atoms with Gasteiger partial charge in [-0.15, -0.1) is 0 Å². The average molecular weight is 295 g/mol. The Balaban J connectivity index is 2.14. The quantitative estimate of drug-likeness (QED) is 0.716. The molecule has 108 valence electrons. The largest absolute Gasteiger partial charge is 0.324 e. The van der Waals surface area contributed by atoms with E-state index in [2.05, 4.69) is 15.4 Å². The van der Waals surface area contributed by atoms with Gasteiger partial charge in [0.15, 0.2) is 0 Å². The van der Waals surface area contributed by atoms with Gasteiger partial charge in [-0.2, -0.15) is 0 Å². The maximum Gasteiger partial charge on any atom is 0.232 e. The number of anilines is 2. The first kappa shape index (κ1) is 14.5. The molecule has 0 radical (unpaired) electrons. The van der Waals surface area contributed by atoms with Crippen molar-refractivity contribution >= 4 is 27.3 Å². The number of hydrogen-bond acceptors (Lipinski definition) is 4. The highest BCUT2D eigenvalue weighted by atomic mass is 32.2. The summed E-state index contributed by atoms with van der Waals surface area (Å²) in [6, 6.07) is 6.69. The van der Waals surface area contributed by atoms with Gasteiger partial charge in [-0.3, -0.25) is 9.52 Å². The maximum atomic E-state index is 12.1. The minimum atomic E-state index is -3.39. The summed E-state index contributed by atoms with van der Waals surface area (Å²) in [6.45, 7) is 1.33. The van der Waals surface area contributed by atoms with Crippen molar-refractivity contribution in [2.45, 2.75) is 0 Å². The number of para-hydroxylation sites is 2. The molecular weight excluding hydrogens is 278 g/mol. The lowest BCUT2D eigenvalue weighted by Gasteiger charge is -2.18. The summed E-state index contributed by atoms with van der Waals surface area (Å²) in [4.78, 5) is 12.1. The van der Waals surface area contributed by atoms with Crippen LogP contribution in [0.15, 0.2) is 36.4 Å².